The van der Waals surface area contributed by atoms with Crippen LogP contribution in [0.4, 0.5) is 34.1 Å². The molecule has 0 fully saturated rings. The second kappa shape index (κ2) is 17.2. The Hall–Kier alpha value is -10.1. The Morgan fingerprint density at radius 1 is 0.273 bits per heavy atom. The summed E-state index contributed by atoms with van der Waals surface area (Å²) in [5.41, 5.74) is 18.9. The van der Waals surface area contributed by atoms with Crippen LogP contribution in [0.2, 0.25) is 0 Å². The van der Waals surface area contributed by atoms with E-state index in [9.17, 15) is 0 Å². The van der Waals surface area contributed by atoms with E-state index >= 15 is 0 Å². The summed E-state index contributed by atoms with van der Waals surface area (Å²) in [6.45, 7) is -0.150. The zero-order valence-electron chi connectivity index (χ0n) is 41.8. The Balaban J connectivity index is 1.04. The second-order valence-corrected chi connectivity index (χ2v) is 20.5. The van der Waals surface area contributed by atoms with Crippen molar-refractivity contribution in [1.29, 1.82) is 0 Å². The van der Waals surface area contributed by atoms with Gasteiger partial charge in [0.2, 0.25) is 0 Å². The van der Waals surface area contributed by atoms with Crippen molar-refractivity contribution in [2.24, 2.45) is 0 Å². The Kier molecular flexibility index (Phi) is 9.70. The molecular formula is C72H45BN4. The Labute approximate surface area is 446 Å². The lowest BCUT2D eigenvalue weighted by Crippen LogP contribution is -2.61. The second-order valence-electron chi connectivity index (χ2n) is 20.5. The zero-order chi connectivity index (χ0) is 50.6. The van der Waals surface area contributed by atoms with Crippen LogP contribution in [-0.2, 0) is 0 Å². The minimum Gasteiger partial charge on any atom is -0.311 e. The van der Waals surface area contributed by atoms with Crippen molar-refractivity contribution in [3.8, 4) is 44.9 Å². The molecule has 356 valence electrons. The number of anilines is 6. The summed E-state index contributed by atoms with van der Waals surface area (Å²) in [6, 6.07) is 100. The van der Waals surface area contributed by atoms with Gasteiger partial charge < -0.3 is 9.80 Å². The van der Waals surface area contributed by atoms with Gasteiger partial charge in [0.25, 0.3) is 6.71 Å². The first-order valence-electron chi connectivity index (χ1n) is 26.5. The van der Waals surface area contributed by atoms with Gasteiger partial charge in [-0.15, -0.1) is 0 Å². The molecule has 0 saturated heterocycles. The van der Waals surface area contributed by atoms with Gasteiger partial charge in [0, 0.05) is 50.6 Å². The molecule has 0 spiro atoms. The largest absolute Gasteiger partial charge is 0.311 e. The van der Waals surface area contributed by atoms with Gasteiger partial charge in [-0.05, 0) is 136 Å². The van der Waals surface area contributed by atoms with Crippen LogP contribution >= 0.6 is 0 Å². The molecule has 1 aromatic heterocycles. The molecule has 16 rings (SSSR count). The first-order chi connectivity index (χ1) is 38.2. The summed E-state index contributed by atoms with van der Waals surface area (Å²) in [5.74, 6) is 0.670. The third-order valence-corrected chi connectivity index (χ3v) is 16.2. The van der Waals surface area contributed by atoms with E-state index in [0.29, 0.717) is 5.82 Å². The molecular weight excluding hydrogens is 932 g/mol. The lowest BCUT2D eigenvalue weighted by molar-refractivity contribution is 1.21. The maximum Gasteiger partial charge on any atom is 0.252 e. The van der Waals surface area contributed by atoms with Crippen molar-refractivity contribution >= 4 is 111 Å². The van der Waals surface area contributed by atoms with Gasteiger partial charge in [-0.3, -0.25) is 0 Å². The summed E-state index contributed by atoms with van der Waals surface area (Å²) >= 11 is 0. The third-order valence-electron chi connectivity index (χ3n) is 16.2. The van der Waals surface area contributed by atoms with Gasteiger partial charge >= 0.3 is 0 Å². The molecule has 0 N–H and O–H groups in total. The Bertz CT molecular complexity index is 4440. The number of hydrogen-bond donors (Lipinski definition) is 0. The van der Waals surface area contributed by atoms with Crippen LogP contribution in [0.25, 0.3) is 98.9 Å². The Morgan fingerprint density at radius 3 is 1.19 bits per heavy atom. The number of aromatic nitrogens is 2. The van der Waals surface area contributed by atoms with Gasteiger partial charge in [0.05, 0.1) is 11.2 Å². The van der Waals surface area contributed by atoms with Crippen molar-refractivity contribution in [3.63, 3.8) is 0 Å². The van der Waals surface area contributed by atoms with Crippen LogP contribution in [-0.4, -0.2) is 16.7 Å². The summed E-state index contributed by atoms with van der Waals surface area (Å²) in [7, 11) is 0. The molecule has 3 heterocycles. The molecule has 0 amide bonds. The highest BCUT2D eigenvalue weighted by Crippen LogP contribution is 2.48. The van der Waals surface area contributed by atoms with Crippen LogP contribution in [0.1, 0.15) is 0 Å². The highest BCUT2D eigenvalue weighted by Gasteiger charge is 2.44. The number of benzene rings is 13. The number of fused-ring (bicyclic) bond motifs is 11. The monoisotopic (exact) mass is 976 g/mol. The van der Waals surface area contributed by atoms with Crippen LogP contribution in [0.5, 0.6) is 0 Å². The van der Waals surface area contributed by atoms with Crippen molar-refractivity contribution in [3.05, 3.63) is 273 Å². The molecule has 0 radical (unpaired) electrons. The molecule has 77 heavy (non-hydrogen) atoms. The maximum atomic E-state index is 5.57. The van der Waals surface area contributed by atoms with E-state index in [4.69, 9.17) is 9.97 Å². The summed E-state index contributed by atoms with van der Waals surface area (Å²) in [5, 5.41) is 10.8. The smallest absolute Gasteiger partial charge is 0.252 e. The van der Waals surface area contributed by atoms with E-state index in [1.807, 2.05) is 0 Å². The predicted octanol–water partition coefficient (Wildman–Crippen LogP) is 17.0. The number of hydrogen-bond acceptors (Lipinski definition) is 4. The lowest BCUT2D eigenvalue weighted by atomic mass is 9.33. The van der Waals surface area contributed by atoms with Crippen molar-refractivity contribution < 1.29 is 0 Å². The van der Waals surface area contributed by atoms with Gasteiger partial charge in [-0.25, -0.2) is 9.97 Å². The zero-order valence-corrected chi connectivity index (χ0v) is 41.8. The van der Waals surface area contributed by atoms with E-state index in [0.717, 1.165) is 61.8 Å². The molecule has 0 saturated carbocycles. The van der Waals surface area contributed by atoms with Crippen molar-refractivity contribution in [1.82, 2.24) is 9.97 Å². The first-order valence-corrected chi connectivity index (χ1v) is 26.5. The molecule has 0 bridgehead atoms. The van der Waals surface area contributed by atoms with E-state index in [-0.39, 0.29) is 6.71 Å². The molecule has 0 unspecified atom stereocenters. The number of nitrogens with zero attached hydrogens (tertiary/aromatic N) is 4. The van der Waals surface area contributed by atoms with Crippen molar-refractivity contribution in [2.75, 3.05) is 9.80 Å². The molecule has 13 aromatic carbocycles. The molecule has 0 atom stereocenters. The van der Waals surface area contributed by atoms with Gasteiger partial charge in [-0.2, -0.15) is 0 Å². The van der Waals surface area contributed by atoms with Gasteiger partial charge in [0.1, 0.15) is 0 Å². The quantitative estimate of drug-likeness (QED) is 0.123. The topological polar surface area (TPSA) is 32.3 Å². The summed E-state index contributed by atoms with van der Waals surface area (Å²) in [4.78, 5) is 16.1. The highest BCUT2D eigenvalue weighted by atomic mass is 15.2. The fourth-order valence-corrected chi connectivity index (χ4v) is 12.6. The van der Waals surface area contributed by atoms with Crippen LogP contribution < -0.4 is 26.2 Å². The first kappa shape index (κ1) is 43.3. The minimum absolute atomic E-state index is 0.150. The number of rotatable bonds is 6. The lowest BCUT2D eigenvalue weighted by Gasteiger charge is -2.44. The average Bonchev–Trinajstić information content (AvgIpc) is 3.51. The minimum atomic E-state index is -0.150. The number of para-hydroxylation sites is 1. The molecule has 2 aliphatic rings. The highest BCUT2D eigenvalue weighted by molar-refractivity contribution is 7.00. The van der Waals surface area contributed by atoms with Crippen LogP contribution in [0.15, 0.2) is 273 Å². The standard InChI is InChI=1S/C72H45BN4/c1-4-16-46(17-5-1)48-32-36-56(37-33-48)76-66-40-53-30-28-50-20-10-12-24-58(50)61(53)44-63(66)73-64-45-62-54(31-29-51-21-11-13-25-59(51)62)41-67(64)77(57-38-34-49(35-39-57)47-18-6-2-7-19-47)69-43-55(42-68(76)70(69)73)72-74-65-27-15-14-26-60(65)71(75-72)52-22-8-3-9-23-52/h1-45H. The van der Waals surface area contributed by atoms with Crippen molar-refractivity contribution in [2.45, 2.75) is 0 Å². The van der Waals surface area contributed by atoms with Crippen LogP contribution in [0.3, 0.4) is 0 Å². The molecule has 5 heteroatoms. The van der Waals surface area contributed by atoms with Gasteiger partial charge in [-0.1, -0.05) is 218 Å². The summed E-state index contributed by atoms with van der Waals surface area (Å²) in [6.07, 6.45) is 0. The third kappa shape index (κ3) is 6.94. The van der Waals surface area contributed by atoms with E-state index in [1.165, 1.54) is 81.7 Å². The summed E-state index contributed by atoms with van der Waals surface area (Å²) < 4.78 is 0. The molecule has 2 aliphatic heterocycles. The predicted molar refractivity (Wildman–Crippen MR) is 325 cm³/mol. The fraction of sp³-hybridized carbons (Fsp3) is 0. The molecule has 4 nitrogen and oxygen atoms in total. The molecule has 0 aliphatic carbocycles. The van der Waals surface area contributed by atoms with E-state index in [1.54, 1.807) is 0 Å². The maximum absolute atomic E-state index is 5.57. The fourth-order valence-electron chi connectivity index (χ4n) is 12.6. The molecule has 14 aromatic rings. The Morgan fingerprint density at radius 2 is 0.688 bits per heavy atom. The van der Waals surface area contributed by atoms with Gasteiger partial charge in [0.15, 0.2) is 5.82 Å². The SMILES string of the molecule is c1ccc(-c2ccc(N3c4cc5ccc6ccccc6c5cc4B4c5cc6c(ccc7ccccc76)cc5N(c5ccc(-c6ccccc6)cc5)c5cc(-c6nc(-c7ccccc7)c7ccccc7n6)cc3c54)cc2)cc1. The van der Waals surface area contributed by atoms with E-state index in [2.05, 4.69) is 283 Å². The normalized spacial score (nSPS) is 12.6. The van der Waals surface area contributed by atoms with E-state index < -0.39 is 0 Å². The average molecular weight is 977 g/mol. The van der Waals surface area contributed by atoms with Crippen LogP contribution in [0, 0.1) is 0 Å².